The summed E-state index contributed by atoms with van der Waals surface area (Å²) >= 11 is 0. The number of fused-ring (bicyclic) bond motifs is 1. The number of rotatable bonds is 3. The highest BCUT2D eigenvalue weighted by Gasteiger charge is 2.29. The predicted octanol–water partition coefficient (Wildman–Crippen LogP) is 2.98. The van der Waals surface area contributed by atoms with Gasteiger partial charge in [0.1, 0.15) is 17.3 Å². The molecule has 0 radical (unpaired) electrons. The average Bonchev–Trinajstić information content (AvgIpc) is 3.31. The summed E-state index contributed by atoms with van der Waals surface area (Å²) in [5.74, 6) is 0.706. The molecule has 2 aliphatic rings. The van der Waals surface area contributed by atoms with Gasteiger partial charge >= 0.3 is 5.97 Å². The summed E-state index contributed by atoms with van der Waals surface area (Å²) in [6.45, 7) is 0.572. The lowest BCUT2D eigenvalue weighted by Gasteiger charge is -2.09. The number of furan rings is 1. The molecular weight excluding hydrogens is 312 g/mol. The van der Waals surface area contributed by atoms with Gasteiger partial charge in [0.25, 0.3) is 0 Å². The smallest absolute Gasteiger partial charge is 0.340 e. The van der Waals surface area contributed by atoms with Crippen molar-refractivity contribution in [2.24, 2.45) is 0 Å². The predicted molar refractivity (Wildman–Crippen MR) is 82.7 cm³/mol. The van der Waals surface area contributed by atoms with Gasteiger partial charge < -0.3 is 18.6 Å². The number of carbonyl (C=O) groups excluding carboxylic acids is 2. The molecule has 122 valence electrons. The van der Waals surface area contributed by atoms with Crippen LogP contribution in [0.1, 0.15) is 29.0 Å². The normalized spacial score (nSPS) is 20.9. The van der Waals surface area contributed by atoms with Gasteiger partial charge in [0, 0.05) is 18.7 Å². The summed E-state index contributed by atoms with van der Waals surface area (Å²) in [6.07, 6.45) is 4.04. The second-order valence-electron chi connectivity index (χ2n) is 5.54. The fraction of sp³-hybridized carbons (Fsp3) is 0.222. The molecule has 1 fully saturated rings. The second-order valence-corrected chi connectivity index (χ2v) is 5.54. The lowest BCUT2D eigenvalue weighted by Crippen LogP contribution is -2.24. The molecule has 2 aliphatic heterocycles. The van der Waals surface area contributed by atoms with Gasteiger partial charge in [-0.2, -0.15) is 0 Å². The summed E-state index contributed by atoms with van der Waals surface area (Å²) in [5.41, 5.74) is 0.421. The fourth-order valence-electron chi connectivity index (χ4n) is 2.68. The van der Waals surface area contributed by atoms with Crippen LogP contribution in [0.15, 0.2) is 46.8 Å². The number of carbonyl (C=O) groups is 2. The summed E-state index contributed by atoms with van der Waals surface area (Å²) in [5, 5.41) is 0. The lowest BCUT2D eigenvalue weighted by atomic mass is 10.1. The molecule has 1 saturated heterocycles. The van der Waals surface area contributed by atoms with Crippen LogP contribution in [0.3, 0.4) is 0 Å². The van der Waals surface area contributed by atoms with Crippen molar-refractivity contribution in [1.82, 2.24) is 0 Å². The van der Waals surface area contributed by atoms with Crippen molar-refractivity contribution >= 4 is 17.8 Å². The minimum atomic E-state index is -0.518. The SMILES string of the molecule is O=C1/C(=C/c2ccco2)Oc2cc(OC(=O)C3CCCO3)ccc21. The van der Waals surface area contributed by atoms with E-state index < -0.39 is 12.1 Å². The molecule has 2 aromatic rings. The van der Waals surface area contributed by atoms with Crippen molar-refractivity contribution in [1.29, 1.82) is 0 Å². The van der Waals surface area contributed by atoms with Crippen LogP contribution in [-0.2, 0) is 9.53 Å². The maximum Gasteiger partial charge on any atom is 0.340 e. The van der Waals surface area contributed by atoms with Crippen LogP contribution >= 0.6 is 0 Å². The van der Waals surface area contributed by atoms with E-state index in [0.29, 0.717) is 35.9 Å². The molecule has 0 bridgehead atoms. The number of ether oxygens (including phenoxy) is 3. The summed E-state index contributed by atoms with van der Waals surface area (Å²) in [7, 11) is 0. The fourth-order valence-corrected chi connectivity index (χ4v) is 2.68. The Hall–Kier alpha value is -2.86. The van der Waals surface area contributed by atoms with Gasteiger partial charge in [-0.1, -0.05) is 0 Å². The second kappa shape index (κ2) is 5.98. The van der Waals surface area contributed by atoms with E-state index in [1.807, 2.05) is 0 Å². The van der Waals surface area contributed by atoms with E-state index in [0.717, 1.165) is 6.42 Å². The monoisotopic (exact) mass is 326 g/mol. The van der Waals surface area contributed by atoms with Gasteiger partial charge in [0.05, 0.1) is 11.8 Å². The van der Waals surface area contributed by atoms with Crippen LogP contribution in [0.4, 0.5) is 0 Å². The molecule has 0 amide bonds. The van der Waals surface area contributed by atoms with Crippen molar-refractivity contribution < 1.29 is 28.2 Å². The van der Waals surface area contributed by atoms with E-state index in [-0.39, 0.29) is 11.5 Å². The van der Waals surface area contributed by atoms with Gasteiger partial charge in [-0.15, -0.1) is 0 Å². The Morgan fingerprint density at radius 1 is 1.29 bits per heavy atom. The van der Waals surface area contributed by atoms with Crippen molar-refractivity contribution in [2.75, 3.05) is 6.61 Å². The number of Topliss-reactive ketones (excluding diaryl/α,β-unsaturated/α-hetero) is 1. The Balaban J connectivity index is 1.53. The molecule has 6 heteroatoms. The molecule has 6 nitrogen and oxygen atoms in total. The Morgan fingerprint density at radius 2 is 2.21 bits per heavy atom. The molecule has 3 heterocycles. The number of allylic oxidation sites excluding steroid dienone is 1. The van der Waals surface area contributed by atoms with E-state index in [4.69, 9.17) is 18.6 Å². The summed E-state index contributed by atoms with van der Waals surface area (Å²) in [4.78, 5) is 24.3. The molecule has 4 rings (SSSR count). The third-order valence-corrected chi connectivity index (χ3v) is 3.87. The molecule has 24 heavy (non-hydrogen) atoms. The quantitative estimate of drug-likeness (QED) is 0.490. The van der Waals surface area contributed by atoms with E-state index in [2.05, 4.69) is 0 Å². The zero-order chi connectivity index (χ0) is 16.5. The average molecular weight is 326 g/mol. The third-order valence-electron chi connectivity index (χ3n) is 3.87. The largest absolute Gasteiger partial charge is 0.465 e. The first kappa shape index (κ1) is 14.7. The third kappa shape index (κ3) is 2.72. The van der Waals surface area contributed by atoms with Gasteiger partial charge in [-0.05, 0) is 37.1 Å². The first-order valence-corrected chi connectivity index (χ1v) is 7.66. The van der Waals surface area contributed by atoms with Crippen LogP contribution < -0.4 is 9.47 Å². The van der Waals surface area contributed by atoms with Crippen molar-refractivity contribution in [3.05, 3.63) is 53.7 Å². The van der Waals surface area contributed by atoms with Crippen molar-refractivity contribution in [3.63, 3.8) is 0 Å². The molecule has 0 aliphatic carbocycles. The number of hydrogen-bond acceptors (Lipinski definition) is 6. The van der Waals surface area contributed by atoms with E-state index in [1.165, 1.54) is 18.4 Å². The standard InChI is InChI=1S/C18H14O6/c19-17-13-6-5-12(23-18(20)14-4-2-8-22-14)10-15(13)24-16(17)9-11-3-1-7-21-11/h1,3,5-7,9-10,14H,2,4,8H2/b16-9-. The van der Waals surface area contributed by atoms with Crippen LogP contribution in [0, 0.1) is 0 Å². The maximum atomic E-state index is 12.3. The van der Waals surface area contributed by atoms with Gasteiger partial charge in [-0.25, -0.2) is 4.79 Å². The van der Waals surface area contributed by atoms with Crippen molar-refractivity contribution in [3.8, 4) is 11.5 Å². The van der Waals surface area contributed by atoms with Crippen molar-refractivity contribution in [2.45, 2.75) is 18.9 Å². The topological polar surface area (TPSA) is 75.0 Å². The number of ketones is 1. The Labute approximate surface area is 137 Å². The number of hydrogen-bond donors (Lipinski definition) is 0. The van der Waals surface area contributed by atoms with E-state index >= 15 is 0 Å². The molecule has 1 aromatic heterocycles. The summed E-state index contributed by atoms with van der Waals surface area (Å²) in [6, 6.07) is 8.13. The molecular formula is C18H14O6. The Kier molecular flexibility index (Phi) is 3.66. The maximum absolute atomic E-state index is 12.3. The van der Waals surface area contributed by atoms with E-state index in [9.17, 15) is 9.59 Å². The number of benzene rings is 1. The molecule has 1 unspecified atom stereocenters. The van der Waals surface area contributed by atoms with Crippen LogP contribution in [0.5, 0.6) is 11.5 Å². The Bertz CT molecular complexity index is 812. The molecule has 0 saturated carbocycles. The molecule has 0 N–H and O–H groups in total. The first-order valence-electron chi connectivity index (χ1n) is 7.66. The van der Waals surface area contributed by atoms with Crippen LogP contribution in [0.25, 0.3) is 6.08 Å². The lowest BCUT2D eigenvalue weighted by molar-refractivity contribution is -0.144. The number of esters is 1. The highest BCUT2D eigenvalue weighted by atomic mass is 16.6. The zero-order valence-electron chi connectivity index (χ0n) is 12.7. The summed E-state index contributed by atoms with van der Waals surface area (Å²) < 4.78 is 21.4. The highest BCUT2D eigenvalue weighted by Crippen LogP contribution is 2.35. The van der Waals surface area contributed by atoms with Crippen LogP contribution in [0.2, 0.25) is 0 Å². The van der Waals surface area contributed by atoms with Gasteiger partial charge in [-0.3, -0.25) is 4.79 Å². The first-order chi connectivity index (χ1) is 11.7. The zero-order valence-corrected chi connectivity index (χ0v) is 12.7. The minimum absolute atomic E-state index is 0.169. The Morgan fingerprint density at radius 3 is 2.96 bits per heavy atom. The molecule has 0 spiro atoms. The van der Waals surface area contributed by atoms with Gasteiger partial charge in [0.15, 0.2) is 11.9 Å². The highest BCUT2D eigenvalue weighted by molar-refractivity contribution is 6.14. The van der Waals surface area contributed by atoms with E-state index in [1.54, 1.807) is 24.3 Å². The van der Waals surface area contributed by atoms with Gasteiger partial charge in [0.2, 0.25) is 5.78 Å². The molecule has 1 aromatic carbocycles. The molecule has 1 atom stereocenters. The van der Waals surface area contributed by atoms with Crippen LogP contribution in [-0.4, -0.2) is 24.5 Å². The minimum Gasteiger partial charge on any atom is -0.465 e.